The Labute approximate surface area is 92.1 Å². The van der Waals surface area contributed by atoms with Crippen LogP contribution in [0.3, 0.4) is 0 Å². The normalized spacial score (nSPS) is 16.6. The molecule has 0 aliphatic carbocycles. The van der Waals surface area contributed by atoms with Crippen molar-refractivity contribution in [2.24, 2.45) is 0 Å². The van der Waals surface area contributed by atoms with Crippen molar-refractivity contribution >= 4 is 29.4 Å². The fraction of sp³-hybridized carbons (Fsp3) is 1.00. The Bertz CT molecular complexity index is 112. The highest BCUT2D eigenvalue weighted by Crippen LogP contribution is 2.26. The van der Waals surface area contributed by atoms with Crippen LogP contribution in [0.2, 0.25) is 26.2 Å². The second-order valence-corrected chi connectivity index (χ2v) is 13.6. The van der Waals surface area contributed by atoms with E-state index in [0.29, 0.717) is 0 Å². The smallest absolute Gasteiger partial charge is 0.0457 e. The third kappa shape index (κ3) is 5.28. The molecule has 2 atom stereocenters. The van der Waals surface area contributed by atoms with E-state index in [9.17, 15) is 0 Å². The summed E-state index contributed by atoms with van der Waals surface area (Å²) in [4.78, 5) is 2.06. The summed E-state index contributed by atoms with van der Waals surface area (Å²) in [5.74, 6) is 0. The molecular weight excluding hydrogens is 208 g/mol. The third-order valence-electron chi connectivity index (χ3n) is 2.64. The molecular formula is C10H26SSi2. The van der Waals surface area contributed by atoms with Crippen molar-refractivity contribution in [1.29, 1.82) is 0 Å². The number of rotatable bonds is 6. The van der Waals surface area contributed by atoms with Crippen LogP contribution in [0, 0.1) is 0 Å². The maximum absolute atomic E-state index is 2.50. The fourth-order valence-corrected chi connectivity index (χ4v) is 8.66. The van der Waals surface area contributed by atoms with Crippen LogP contribution in [0.25, 0.3) is 0 Å². The van der Waals surface area contributed by atoms with Gasteiger partial charge in [0, 0.05) is 17.6 Å². The predicted octanol–water partition coefficient (Wildman–Crippen LogP) is 3.33. The molecule has 0 aliphatic rings. The van der Waals surface area contributed by atoms with Gasteiger partial charge in [-0.3, -0.25) is 0 Å². The summed E-state index contributed by atoms with van der Waals surface area (Å²) in [6, 6.07) is 0. The lowest BCUT2D eigenvalue weighted by molar-refractivity contribution is 0.986. The zero-order chi connectivity index (χ0) is 10.4. The summed E-state index contributed by atoms with van der Waals surface area (Å²) >= 11 is 2.33. The molecule has 0 amide bonds. The van der Waals surface area contributed by atoms with E-state index in [1.165, 1.54) is 12.8 Å². The predicted molar refractivity (Wildman–Crippen MR) is 73.5 cm³/mol. The standard InChI is InChI=1S/C10H26SSi2/c1-7-9(12(3)4)11-10(8-2)13(5)6/h9-10,12-13H,7-8H2,1-6H3. The lowest BCUT2D eigenvalue weighted by Gasteiger charge is -2.25. The molecule has 0 aliphatic heterocycles. The van der Waals surface area contributed by atoms with Gasteiger partial charge in [0.1, 0.15) is 0 Å². The Hall–Kier alpha value is 0.784. The topological polar surface area (TPSA) is 0 Å². The van der Waals surface area contributed by atoms with Gasteiger partial charge in [-0.1, -0.05) is 40.0 Å². The maximum Gasteiger partial charge on any atom is 0.0457 e. The van der Waals surface area contributed by atoms with Gasteiger partial charge >= 0.3 is 0 Å². The van der Waals surface area contributed by atoms with E-state index in [-0.39, 0.29) is 0 Å². The Morgan fingerprint density at radius 2 is 1.15 bits per heavy atom. The Morgan fingerprint density at radius 1 is 0.846 bits per heavy atom. The van der Waals surface area contributed by atoms with Crippen molar-refractivity contribution in [3.05, 3.63) is 0 Å². The summed E-state index contributed by atoms with van der Waals surface area (Å²) in [7, 11) is -0.823. The molecule has 0 aromatic carbocycles. The van der Waals surface area contributed by atoms with Gasteiger partial charge in [0.25, 0.3) is 0 Å². The van der Waals surface area contributed by atoms with Crippen LogP contribution >= 0.6 is 11.8 Å². The van der Waals surface area contributed by atoms with Crippen molar-refractivity contribution < 1.29 is 0 Å². The van der Waals surface area contributed by atoms with Crippen LogP contribution in [0.1, 0.15) is 26.7 Å². The lowest BCUT2D eigenvalue weighted by Crippen LogP contribution is -2.29. The Kier molecular flexibility index (Phi) is 7.55. The van der Waals surface area contributed by atoms with E-state index >= 15 is 0 Å². The van der Waals surface area contributed by atoms with Crippen LogP contribution in [0.15, 0.2) is 0 Å². The van der Waals surface area contributed by atoms with Gasteiger partial charge in [-0.25, -0.2) is 0 Å². The third-order valence-corrected chi connectivity index (χ3v) is 12.1. The maximum atomic E-state index is 2.50. The molecule has 13 heavy (non-hydrogen) atoms. The van der Waals surface area contributed by atoms with E-state index in [1.54, 1.807) is 0 Å². The molecule has 0 nitrogen and oxygen atoms in total. The van der Waals surface area contributed by atoms with E-state index in [4.69, 9.17) is 0 Å². The lowest BCUT2D eigenvalue weighted by atomic mass is 10.6. The summed E-state index contributed by atoms with van der Waals surface area (Å²) in [5.41, 5.74) is 0. The van der Waals surface area contributed by atoms with Crippen molar-refractivity contribution in [2.75, 3.05) is 0 Å². The first-order valence-electron chi connectivity index (χ1n) is 5.68. The molecule has 0 heterocycles. The molecule has 0 fully saturated rings. The quantitative estimate of drug-likeness (QED) is 0.635. The van der Waals surface area contributed by atoms with Crippen LogP contribution < -0.4 is 0 Å². The number of hydrogen-bond acceptors (Lipinski definition) is 1. The van der Waals surface area contributed by atoms with E-state index in [2.05, 4.69) is 51.8 Å². The second-order valence-electron chi connectivity index (χ2n) is 4.52. The van der Waals surface area contributed by atoms with Crippen molar-refractivity contribution in [3.63, 3.8) is 0 Å². The Morgan fingerprint density at radius 3 is 1.31 bits per heavy atom. The van der Waals surface area contributed by atoms with Gasteiger partial charge in [-0.05, 0) is 22.6 Å². The highest BCUT2D eigenvalue weighted by atomic mass is 32.2. The van der Waals surface area contributed by atoms with E-state index < -0.39 is 17.6 Å². The van der Waals surface area contributed by atoms with E-state index in [0.717, 1.165) is 9.75 Å². The average molecular weight is 235 g/mol. The minimum Gasteiger partial charge on any atom is -0.162 e. The van der Waals surface area contributed by atoms with Crippen LogP contribution in [-0.2, 0) is 0 Å². The zero-order valence-electron chi connectivity index (χ0n) is 10.1. The average Bonchev–Trinajstić information content (AvgIpc) is 2.05. The van der Waals surface area contributed by atoms with Gasteiger partial charge in [-0.2, -0.15) is 11.8 Å². The summed E-state index contributed by atoms with van der Waals surface area (Å²) in [6.07, 6.45) is 2.79. The second kappa shape index (κ2) is 7.13. The molecule has 2 unspecified atom stereocenters. The fourth-order valence-electron chi connectivity index (χ4n) is 1.67. The number of thioether (sulfide) groups is 1. The molecule has 0 rings (SSSR count). The van der Waals surface area contributed by atoms with Gasteiger partial charge in [0.15, 0.2) is 0 Å². The monoisotopic (exact) mass is 234 g/mol. The molecule has 0 N–H and O–H groups in total. The molecule has 80 valence electrons. The van der Waals surface area contributed by atoms with E-state index in [1.807, 2.05) is 0 Å². The van der Waals surface area contributed by atoms with Crippen LogP contribution in [0.5, 0.6) is 0 Å². The van der Waals surface area contributed by atoms with Crippen LogP contribution in [0.4, 0.5) is 0 Å². The highest BCUT2D eigenvalue weighted by Gasteiger charge is 2.20. The summed E-state index contributed by atoms with van der Waals surface area (Å²) in [6.45, 7) is 14.7. The SMILES string of the molecule is CCC(SC(CC)[SiH](C)C)[SiH](C)C. The van der Waals surface area contributed by atoms with Gasteiger partial charge < -0.3 is 0 Å². The van der Waals surface area contributed by atoms with Crippen molar-refractivity contribution in [1.82, 2.24) is 0 Å². The van der Waals surface area contributed by atoms with Gasteiger partial charge in [0.05, 0.1) is 0 Å². The highest BCUT2D eigenvalue weighted by molar-refractivity contribution is 8.03. The first kappa shape index (κ1) is 13.8. The molecule has 0 spiro atoms. The summed E-state index contributed by atoms with van der Waals surface area (Å²) < 4.78 is 0. The molecule has 0 aromatic heterocycles. The molecule has 0 saturated carbocycles. The zero-order valence-corrected chi connectivity index (χ0v) is 13.3. The van der Waals surface area contributed by atoms with Gasteiger partial charge in [0.2, 0.25) is 0 Å². The van der Waals surface area contributed by atoms with Crippen molar-refractivity contribution in [2.45, 2.75) is 62.6 Å². The van der Waals surface area contributed by atoms with Crippen LogP contribution in [-0.4, -0.2) is 27.3 Å². The minimum atomic E-state index is -0.412. The molecule has 0 aromatic rings. The summed E-state index contributed by atoms with van der Waals surface area (Å²) in [5, 5.41) is 0. The first-order chi connectivity index (χ1) is 6.02. The minimum absolute atomic E-state index is 0.412. The largest absolute Gasteiger partial charge is 0.162 e. The first-order valence-corrected chi connectivity index (χ1v) is 12.6. The molecule has 0 bridgehead atoms. The van der Waals surface area contributed by atoms with Gasteiger partial charge in [-0.15, -0.1) is 0 Å². The number of hydrogen-bond donors (Lipinski definition) is 0. The van der Waals surface area contributed by atoms with Crippen molar-refractivity contribution in [3.8, 4) is 0 Å². The molecule has 0 saturated heterocycles. The molecule has 3 heteroatoms. The Balaban J connectivity index is 4.03. The molecule has 0 radical (unpaired) electrons.